The van der Waals surface area contributed by atoms with Crippen LogP contribution in [-0.2, 0) is 4.33 Å². The van der Waals surface area contributed by atoms with Gasteiger partial charge >= 0.3 is 0 Å². The van der Waals surface area contributed by atoms with Gasteiger partial charge in [-0.05, 0) is 27.8 Å². The molecule has 6 heteroatoms. The number of aliphatic hydroxyl groups is 1. The van der Waals surface area contributed by atoms with Crippen molar-refractivity contribution < 1.29 is 5.11 Å². The van der Waals surface area contributed by atoms with E-state index in [1.807, 2.05) is 30.3 Å². The second-order valence-corrected chi connectivity index (χ2v) is 8.44. The van der Waals surface area contributed by atoms with Crippen molar-refractivity contribution in [3.05, 3.63) is 59.2 Å². The molecule has 2 aromatic carbocycles. The molecule has 0 saturated heterocycles. The van der Waals surface area contributed by atoms with E-state index in [1.165, 1.54) is 0 Å². The summed E-state index contributed by atoms with van der Waals surface area (Å²) in [5.41, 5.74) is 3.53. The Bertz CT molecular complexity index is 705. The molecule has 0 radical (unpaired) electrons. The molecular weight excluding hydrogens is 373 g/mol. The van der Waals surface area contributed by atoms with Crippen molar-refractivity contribution in [1.29, 1.82) is 0 Å². The molecule has 3 rings (SSSR count). The molecule has 110 valence electrons. The van der Waals surface area contributed by atoms with E-state index in [0.29, 0.717) is 11.1 Å². The summed E-state index contributed by atoms with van der Waals surface area (Å²) in [7, 11) is 0. The minimum atomic E-state index is -1.93. The molecule has 0 saturated carbocycles. The van der Waals surface area contributed by atoms with Crippen molar-refractivity contribution in [2.75, 3.05) is 0 Å². The number of aliphatic hydroxyl groups excluding tert-OH is 1. The van der Waals surface area contributed by atoms with Crippen LogP contribution in [0.25, 0.3) is 11.1 Å². The maximum absolute atomic E-state index is 10.6. The van der Waals surface area contributed by atoms with Crippen molar-refractivity contribution in [1.82, 2.24) is 0 Å². The first-order valence-electron chi connectivity index (χ1n) is 6.10. The predicted molar refractivity (Wildman–Crippen MR) is 89.6 cm³/mol. The second kappa shape index (κ2) is 5.19. The monoisotopic (exact) mass is 380 g/mol. The van der Waals surface area contributed by atoms with Crippen molar-refractivity contribution in [3.8, 4) is 11.1 Å². The van der Waals surface area contributed by atoms with Gasteiger partial charge in [0.1, 0.15) is 6.10 Å². The van der Waals surface area contributed by atoms with Crippen LogP contribution in [0.15, 0.2) is 42.5 Å². The zero-order valence-electron chi connectivity index (χ0n) is 10.5. The molecule has 1 atom stereocenters. The molecule has 0 aromatic heterocycles. The molecule has 0 amide bonds. The lowest BCUT2D eigenvalue weighted by molar-refractivity contribution is 0.224. The summed E-state index contributed by atoms with van der Waals surface area (Å²) in [5.74, 6) is 0. The van der Waals surface area contributed by atoms with E-state index in [9.17, 15) is 5.11 Å². The van der Waals surface area contributed by atoms with E-state index in [4.69, 9.17) is 58.0 Å². The summed E-state index contributed by atoms with van der Waals surface area (Å²) in [6, 6.07) is 12.9. The van der Waals surface area contributed by atoms with Gasteiger partial charge in [-0.3, -0.25) is 0 Å². The van der Waals surface area contributed by atoms with Crippen LogP contribution >= 0.6 is 58.0 Å². The van der Waals surface area contributed by atoms with Gasteiger partial charge in [0.05, 0.1) is 0 Å². The SMILES string of the molecule is OC1c2ccccc2-c2cccc(C(Cl)(Cl)C(Cl)(Cl)Cl)c21. The van der Waals surface area contributed by atoms with Gasteiger partial charge in [-0.1, -0.05) is 100 Å². The lowest BCUT2D eigenvalue weighted by Gasteiger charge is -2.30. The first-order chi connectivity index (χ1) is 9.75. The Balaban J connectivity index is 2.27. The van der Waals surface area contributed by atoms with E-state index in [2.05, 4.69) is 0 Å². The number of hydrogen-bond donors (Lipinski definition) is 1. The molecule has 0 aliphatic heterocycles. The fourth-order valence-corrected chi connectivity index (χ4v) is 3.29. The summed E-state index contributed by atoms with van der Waals surface area (Å²) in [4.78, 5) is 0. The van der Waals surface area contributed by atoms with Crippen LogP contribution in [0.2, 0.25) is 0 Å². The Morgan fingerprint density at radius 2 is 1.43 bits per heavy atom. The molecule has 1 aliphatic rings. The molecule has 1 nitrogen and oxygen atoms in total. The molecule has 2 aromatic rings. The minimum absolute atomic E-state index is 0.395. The van der Waals surface area contributed by atoms with E-state index < -0.39 is 14.2 Å². The Labute approximate surface area is 147 Å². The first kappa shape index (κ1) is 15.7. The highest BCUT2D eigenvalue weighted by atomic mass is 35.6. The van der Waals surface area contributed by atoms with Crippen molar-refractivity contribution >= 4 is 58.0 Å². The van der Waals surface area contributed by atoms with E-state index in [1.54, 1.807) is 12.1 Å². The molecule has 1 N–H and O–H groups in total. The Morgan fingerprint density at radius 1 is 0.810 bits per heavy atom. The summed E-state index contributed by atoms with van der Waals surface area (Å²) in [5, 5.41) is 10.6. The molecule has 1 aliphatic carbocycles. The average molecular weight is 383 g/mol. The number of benzene rings is 2. The smallest absolute Gasteiger partial charge is 0.227 e. The number of hydrogen-bond acceptors (Lipinski definition) is 1. The zero-order chi connectivity index (χ0) is 15.4. The maximum atomic E-state index is 10.6. The van der Waals surface area contributed by atoms with Gasteiger partial charge in [0.2, 0.25) is 3.79 Å². The van der Waals surface area contributed by atoms with Gasteiger partial charge in [-0.2, -0.15) is 0 Å². The maximum Gasteiger partial charge on any atom is 0.227 e. The highest BCUT2D eigenvalue weighted by Crippen LogP contribution is 2.57. The standard InChI is InChI=1S/C15H9Cl5O/c16-14(17,15(18,19)20)11-7-3-6-9-8-4-1-2-5-10(8)13(21)12(9)11/h1-7,13,21H. The largest absolute Gasteiger partial charge is 0.384 e. The molecule has 0 fully saturated rings. The summed E-state index contributed by atoms with van der Waals surface area (Å²) >= 11 is 30.3. The van der Waals surface area contributed by atoms with Crippen molar-refractivity contribution in [2.45, 2.75) is 14.2 Å². The van der Waals surface area contributed by atoms with Gasteiger partial charge in [-0.25, -0.2) is 0 Å². The summed E-state index contributed by atoms with van der Waals surface area (Å²) < 4.78 is -3.70. The molecule has 0 heterocycles. The fourth-order valence-electron chi connectivity index (χ4n) is 2.66. The Kier molecular flexibility index (Phi) is 3.89. The van der Waals surface area contributed by atoms with E-state index in [-0.39, 0.29) is 0 Å². The number of alkyl halides is 5. The van der Waals surface area contributed by atoms with Gasteiger partial charge in [-0.15, -0.1) is 0 Å². The van der Waals surface area contributed by atoms with Gasteiger partial charge < -0.3 is 5.11 Å². The quantitative estimate of drug-likeness (QED) is 0.623. The molecule has 0 bridgehead atoms. The summed E-state index contributed by atoms with van der Waals surface area (Å²) in [6.07, 6.45) is -0.850. The highest BCUT2D eigenvalue weighted by Gasteiger charge is 2.50. The predicted octanol–water partition coefficient (Wildman–Crippen LogP) is 5.75. The third kappa shape index (κ3) is 2.35. The number of halogens is 5. The molecule has 1 unspecified atom stereocenters. The topological polar surface area (TPSA) is 20.2 Å². The third-order valence-electron chi connectivity index (χ3n) is 3.62. The highest BCUT2D eigenvalue weighted by molar-refractivity contribution is 6.75. The van der Waals surface area contributed by atoms with Gasteiger partial charge in [0.15, 0.2) is 4.33 Å². The minimum Gasteiger partial charge on any atom is -0.384 e. The van der Waals surface area contributed by atoms with Crippen LogP contribution in [0.1, 0.15) is 22.8 Å². The Morgan fingerprint density at radius 3 is 2.10 bits per heavy atom. The first-order valence-corrected chi connectivity index (χ1v) is 7.99. The van der Waals surface area contributed by atoms with Crippen LogP contribution in [-0.4, -0.2) is 8.90 Å². The number of fused-ring (bicyclic) bond motifs is 3. The fraction of sp³-hybridized carbons (Fsp3) is 0.200. The lowest BCUT2D eigenvalue weighted by Crippen LogP contribution is -2.29. The average Bonchev–Trinajstić information content (AvgIpc) is 2.72. The van der Waals surface area contributed by atoms with Gasteiger partial charge in [0, 0.05) is 0 Å². The van der Waals surface area contributed by atoms with Crippen LogP contribution < -0.4 is 0 Å². The van der Waals surface area contributed by atoms with Crippen LogP contribution in [0.5, 0.6) is 0 Å². The van der Waals surface area contributed by atoms with Crippen molar-refractivity contribution in [2.24, 2.45) is 0 Å². The normalized spacial score (nSPS) is 17.5. The lowest BCUT2D eigenvalue weighted by atomic mass is 9.98. The zero-order valence-corrected chi connectivity index (χ0v) is 14.2. The molecular formula is C15H9Cl5O. The van der Waals surface area contributed by atoms with E-state index >= 15 is 0 Å². The third-order valence-corrected chi connectivity index (χ3v) is 6.02. The van der Waals surface area contributed by atoms with Crippen LogP contribution in [0.3, 0.4) is 0 Å². The molecule has 21 heavy (non-hydrogen) atoms. The van der Waals surface area contributed by atoms with Crippen molar-refractivity contribution in [3.63, 3.8) is 0 Å². The second-order valence-electron chi connectivity index (χ2n) is 4.83. The Hall–Kier alpha value is -0.150. The van der Waals surface area contributed by atoms with E-state index in [0.717, 1.165) is 16.7 Å². The van der Waals surface area contributed by atoms with Gasteiger partial charge in [0.25, 0.3) is 0 Å². The molecule has 0 spiro atoms. The summed E-state index contributed by atoms with van der Waals surface area (Å²) in [6.45, 7) is 0. The van der Waals surface area contributed by atoms with Crippen LogP contribution in [0.4, 0.5) is 0 Å². The number of rotatable bonds is 1. The van der Waals surface area contributed by atoms with Crippen LogP contribution in [0, 0.1) is 0 Å².